The number of aliphatic hydroxyl groups is 1. The Morgan fingerprint density at radius 3 is 1.85 bits per heavy atom. The number of oxime groups is 1. The molecule has 0 bridgehead atoms. The normalized spacial score (nSPS) is 20.0. The number of esters is 1. The SMILES string of the molecule is C[C@H](NC(=O)[C@@H](NC(=O)[C@@H]1CCCN1C(=O)[C@H](CCC(=O)O)NC(=O)[C@@H]1CCCN1C(=O)CCCCNC(=S)Nc1ccc2c(c1)C1(OC2=O)c2ccc(O)cc2Oc2cc(O)ccc21)[C@@H](C)O)C(=O)N1CCCCC1C(=O)N1C[C@@H](O/N=C\CCc2ccccc2)C[C@H]1C(=O)N[C@@H](CCC(=O)O)C(=O)N[C@@H](CCC(=O)O)C(N)=O. The zero-order valence-electron chi connectivity index (χ0n) is 63.3. The first-order chi connectivity index (χ1) is 54.9. The Balaban J connectivity index is 0.730. The van der Waals surface area contributed by atoms with Crippen molar-refractivity contribution in [3.63, 3.8) is 0 Å². The number of hydrogen-bond donors (Lipinski definition) is 14. The van der Waals surface area contributed by atoms with Gasteiger partial charge in [0.25, 0.3) is 0 Å². The monoisotopic (exact) mass is 1610 g/mol. The van der Waals surface area contributed by atoms with Gasteiger partial charge in [0.05, 0.1) is 18.2 Å². The van der Waals surface area contributed by atoms with Crippen molar-refractivity contribution in [2.75, 3.05) is 38.0 Å². The van der Waals surface area contributed by atoms with E-state index < -0.39 is 188 Å². The van der Waals surface area contributed by atoms with E-state index in [-0.39, 0.29) is 104 Å². The Kier molecular flexibility index (Phi) is 28.7. The number of phenols is 2. The number of hydrogen-bond acceptors (Lipinski definition) is 22. The van der Waals surface area contributed by atoms with Crippen LogP contribution >= 0.6 is 12.2 Å². The van der Waals surface area contributed by atoms with Gasteiger partial charge in [-0.05, 0) is 164 Å². The Labute approximate surface area is 665 Å². The van der Waals surface area contributed by atoms with Gasteiger partial charge in [-0.3, -0.25) is 62.3 Å². The van der Waals surface area contributed by atoms with Crippen molar-refractivity contribution in [3.8, 4) is 23.0 Å². The van der Waals surface area contributed by atoms with Gasteiger partial charge in [-0.1, -0.05) is 35.5 Å². The van der Waals surface area contributed by atoms with Crippen LogP contribution in [0.3, 0.4) is 0 Å². The number of aromatic hydroxyl groups is 2. The minimum absolute atomic E-state index is 0.0184. The summed E-state index contributed by atoms with van der Waals surface area (Å²) in [6.45, 7) is 2.70. The van der Waals surface area contributed by atoms with Gasteiger partial charge in [0, 0.05) is 99.0 Å². The fourth-order valence-electron chi connectivity index (χ4n) is 15.3. The molecule has 0 aromatic heterocycles. The standard InChI is InChI=1S/C78H95N13O23S/c1-42(73(108)90-34-9-7-16-58(90)75(110)91-41-48(114-81-33-10-15-44-13-4-3-5-14-44)40-59(91)71(106)85-54(27-30-64(98)99)68(103)84-53(67(79)102)26-29-63(96)97)82-72(107)66(43(2)92)87-70(105)57-18-12-36-89(57)74(109)55(28-31-65(100)101)86-69(104)56-17-11-35-88(56)62(95)19-6-8-32-80-77(115)83-45-20-23-49-52(37-45)78(113-76(49)111)50-24-21-46(93)38-60(50)112-61-39-47(94)22-25-51(61)78/h3-5,13-14,20-25,33,37-39,42-43,48,53-59,66,92-94H,6-12,15-19,26-32,34-36,40-41H2,1-2H3,(H2,79,102)(H,82,107)(H,84,103)(H,85,106)(H,86,104)(H,87,105)(H,96,97)(H,98,99)(H,100,101)(H2,80,83,115)/b81-33-/t42-,43+,48-,53-,54-,55-,56-,57-,58?,59-,66-/m0/s1. The van der Waals surface area contributed by atoms with Gasteiger partial charge in [0.15, 0.2) is 10.7 Å². The minimum atomic E-state index is -1.76. The number of piperidine rings is 1. The predicted octanol–water partition coefficient (Wildman–Crippen LogP) is 1.99. The van der Waals surface area contributed by atoms with E-state index >= 15 is 4.79 Å². The van der Waals surface area contributed by atoms with Gasteiger partial charge in [0.2, 0.25) is 59.1 Å². The molecule has 11 atom stereocenters. The number of carboxylic acids is 3. The highest BCUT2D eigenvalue weighted by Gasteiger charge is 2.55. The largest absolute Gasteiger partial charge is 0.508 e. The minimum Gasteiger partial charge on any atom is -0.508 e. The average molecular weight is 1610 g/mol. The molecular formula is C78H95N13O23S. The zero-order valence-corrected chi connectivity index (χ0v) is 64.1. The van der Waals surface area contributed by atoms with Crippen molar-refractivity contribution < 1.29 is 112 Å². The van der Waals surface area contributed by atoms with E-state index in [0.29, 0.717) is 73.9 Å². The van der Waals surface area contributed by atoms with E-state index in [2.05, 4.69) is 42.4 Å². The van der Waals surface area contributed by atoms with E-state index in [1.807, 2.05) is 30.3 Å². The first kappa shape index (κ1) is 85.4. The van der Waals surface area contributed by atoms with Crippen molar-refractivity contribution in [1.29, 1.82) is 0 Å². The summed E-state index contributed by atoms with van der Waals surface area (Å²) in [6.07, 6.45) is -0.790. The molecule has 6 aliphatic heterocycles. The maximum absolute atomic E-state index is 15.0. The van der Waals surface area contributed by atoms with E-state index in [1.165, 1.54) is 54.1 Å². The predicted molar refractivity (Wildman–Crippen MR) is 410 cm³/mol. The third-order valence-electron chi connectivity index (χ3n) is 21.1. The quantitative estimate of drug-likeness (QED) is 0.0103. The number of aliphatic carboxylic acids is 3. The maximum Gasteiger partial charge on any atom is 0.340 e. The second-order valence-corrected chi connectivity index (χ2v) is 29.6. The molecule has 6 heterocycles. The molecule has 4 aromatic carbocycles. The topological polar surface area (TPSA) is 524 Å². The fraction of sp³-hybridized carbons (Fsp3) is 0.487. The number of benzene rings is 4. The number of rotatable bonds is 35. The molecule has 37 heteroatoms. The van der Waals surface area contributed by atoms with Gasteiger partial charge >= 0.3 is 23.9 Å². The Morgan fingerprint density at radius 1 is 0.626 bits per heavy atom. The van der Waals surface area contributed by atoms with E-state index in [0.717, 1.165) is 15.4 Å². The third kappa shape index (κ3) is 21.1. The number of carbonyl (C=O) groups excluding carboxylic acids is 11. The van der Waals surface area contributed by atoms with Gasteiger partial charge < -0.3 is 108 Å². The first-order valence-electron chi connectivity index (χ1n) is 38.3. The number of aryl methyl sites for hydroxylation is 1. The second kappa shape index (κ2) is 38.7. The highest BCUT2D eigenvalue weighted by molar-refractivity contribution is 7.80. The van der Waals surface area contributed by atoms with Crippen LogP contribution in [0.25, 0.3) is 0 Å². The highest BCUT2D eigenvalue weighted by Crippen LogP contribution is 2.57. The second-order valence-electron chi connectivity index (χ2n) is 29.2. The van der Waals surface area contributed by atoms with Crippen LogP contribution in [0.15, 0.2) is 90.1 Å². The summed E-state index contributed by atoms with van der Waals surface area (Å²) in [6, 6.07) is 10.4. The number of phenolic OH excluding ortho intramolecular Hbond substituents is 2. The number of fused-ring (bicyclic) bond motifs is 6. The molecule has 4 aromatic rings. The maximum atomic E-state index is 15.0. The molecule has 0 aliphatic carbocycles. The van der Waals surface area contributed by atoms with Crippen LogP contribution in [-0.4, -0.2) is 244 Å². The van der Waals surface area contributed by atoms with E-state index in [1.54, 1.807) is 30.3 Å². The zero-order chi connectivity index (χ0) is 82.9. The summed E-state index contributed by atoms with van der Waals surface area (Å²) < 4.78 is 12.2. The van der Waals surface area contributed by atoms with Crippen LogP contribution in [-0.2, 0) is 83.9 Å². The van der Waals surface area contributed by atoms with Gasteiger partial charge in [-0.2, -0.15) is 0 Å². The average Bonchev–Trinajstić information content (AvgIpc) is 1.58. The van der Waals surface area contributed by atoms with Crippen molar-refractivity contribution >= 4 is 112 Å². The summed E-state index contributed by atoms with van der Waals surface area (Å²) in [5.74, 6) is -12.9. The molecule has 4 fully saturated rings. The lowest BCUT2D eigenvalue weighted by Crippen LogP contribution is -2.62. The van der Waals surface area contributed by atoms with Gasteiger partial charge in [-0.25, -0.2) is 4.79 Å². The summed E-state index contributed by atoms with van der Waals surface area (Å²) in [5, 5.41) is 83.4. The molecule has 4 saturated heterocycles. The molecule has 1 spiro atoms. The number of carbonyl (C=O) groups is 14. The number of carboxylic acid groups (broad SMARTS) is 3. The number of aliphatic hydroxyl groups excluding tert-OH is 1. The molecule has 0 saturated carbocycles. The molecule has 36 nitrogen and oxygen atoms in total. The molecule has 10 amide bonds. The number of nitrogens with zero attached hydrogens (tertiary/aromatic N) is 5. The number of nitrogens with one attached hydrogen (secondary N) is 7. The fourth-order valence-corrected chi connectivity index (χ4v) is 15.5. The van der Waals surface area contributed by atoms with Crippen molar-refractivity contribution in [2.24, 2.45) is 10.9 Å². The summed E-state index contributed by atoms with van der Waals surface area (Å²) in [5.41, 5.74) is 7.04. The summed E-state index contributed by atoms with van der Waals surface area (Å²) >= 11 is 5.64. The molecule has 10 rings (SSSR count). The van der Waals surface area contributed by atoms with E-state index in [4.69, 9.17) is 32.3 Å². The lowest BCUT2D eigenvalue weighted by molar-refractivity contribution is -0.151. The number of ether oxygens (including phenoxy) is 2. The molecular weight excluding hydrogens is 1520 g/mol. The van der Waals surface area contributed by atoms with Crippen LogP contribution in [0.2, 0.25) is 0 Å². The van der Waals surface area contributed by atoms with Crippen molar-refractivity contribution in [3.05, 3.63) is 113 Å². The Morgan fingerprint density at radius 2 is 1.21 bits per heavy atom. The summed E-state index contributed by atoms with van der Waals surface area (Å²) in [4.78, 5) is 201. The highest BCUT2D eigenvalue weighted by atomic mass is 32.1. The van der Waals surface area contributed by atoms with Crippen molar-refractivity contribution in [2.45, 2.75) is 208 Å². The van der Waals surface area contributed by atoms with Crippen molar-refractivity contribution in [1.82, 2.24) is 51.5 Å². The third-order valence-corrected chi connectivity index (χ3v) is 21.3. The van der Waals surface area contributed by atoms with Crippen LogP contribution in [0.4, 0.5) is 5.69 Å². The molecule has 616 valence electrons. The molecule has 1 unspecified atom stereocenters. The summed E-state index contributed by atoms with van der Waals surface area (Å²) in [7, 11) is 0. The number of likely N-dealkylation sites (tertiary alicyclic amines) is 4. The number of primary amides is 1. The smallest absolute Gasteiger partial charge is 0.340 e. The Bertz CT molecular complexity index is 4360. The number of anilines is 1. The number of nitrogens with two attached hydrogens (primary N) is 1. The van der Waals surface area contributed by atoms with Gasteiger partial charge in [0.1, 0.15) is 83.5 Å². The number of unbranched alkanes of at least 4 members (excludes halogenated alkanes) is 1. The van der Waals surface area contributed by atoms with Crippen LogP contribution in [0, 0.1) is 0 Å². The molecule has 6 aliphatic rings. The lowest BCUT2D eigenvalue weighted by atomic mass is 9.77. The first-order valence-corrected chi connectivity index (χ1v) is 38.7. The molecule has 0 radical (unpaired) electrons. The van der Waals surface area contributed by atoms with Crippen LogP contribution in [0.5, 0.6) is 23.0 Å². The Hall–Kier alpha value is -12.0. The van der Waals surface area contributed by atoms with Crippen LogP contribution in [0.1, 0.15) is 162 Å². The molecule has 15 N–H and O–H groups in total. The van der Waals surface area contributed by atoms with Gasteiger partial charge in [-0.15, -0.1) is 0 Å². The van der Waals surface area contributed by atoms with Crippen LogP contribution < -0.4 is 47.7 Å². The molecule has 115 heavy (non-hydrogen) atoms. The van der Waals surface area contributed by atoms with E-state index in [9.17, 15) is 93.0 Å². The lowest BCUT2D eigenvalue weighted by Gasteiger charge is -2.39. The number of amides is 10. The number of thiocarbonyl (C=S) groups is 1.